The lowest BCUT2D eigenvalue weighted by atomic mass is 10.3. The zero-order valence-electron chi connectivity index (χ0n) is 16.6. The molecule has 0 amide bonds. The summed E-state index contributed by atoms with van der Waals surface area (Å²) in [5.41, 5.74) is 6.57. The maximum absolute atomic E-state index is 11.6. The van der Waals surface area contributed by atoms with Crippen LogP contribution in [0.4, 0.5) is 18.9 Å². The molecule has 0 aromatic heterocycles. The van der Waals surface area contributed by atoms with Gasteiger partial charge < -0.3 is 20.5 Å². The van der Waals surface area contributed by atoms with Gasteiger partial charge in [-0.25, -0.2) is 0 Å². The van der Waals surface area contributed by atoms with E-state index in [1.807, 2.05) is 39.0 Å². The van der Waals surface area contributed by atoms with Crippen LogP contribution in [-0.4, -0.2) is 48.6 Å². The van der Waals surface area contributed by atoms with Crippen LogP contribution >= 0.6 is 11.8 Å². The number of hydrogen-bond acceptors (Lipinski definition) is 6. The van der Waals surface area contributed by atoms with Crippen molar-refractivity contribution >= 4 is 23.2 Å². The summed E-state index contributed by atoms with van der Waals surface area (Å²) in [5, 5.41) is 8.72. The molecule has 0 atom stereocenters. The van der Waals surface area contributed by atoms with Crippen molar-refractivity contribution in [1.82, 2.24) is 4.90 Å². The van der Waals surface area contributed by atoms with E-state index >= 15 is 0 Å². The minimum absolute atomic E-state index is 0.0785. The number of rotatable bonds is 6. The Morgan fingerprint density at radius 3 is 2.04 bits per heavy atom. The van der Waals surface area contributed by atoms with Gasteiger partial charge in [-0.2, -0.15) is 0 Å². The van der Waals surface area contributed by atoms with Crippen LogP contribution in [0.5, 0.6) is 5.75 Å². The summed E-state index contributed by atoms with van der Waals surface area (Å²) in [5.74, 6) is -0.188. The number of allylic oxidation sites excluding steroid dienone is 2. The maximum Gasteiger partial charge on any atom is 0.573 e. The summed E-state index contributed by atoms with van der Waals surface area (Å²) in [6.45, 7) is 8.11. The third-order valence-electron chi connectivity index (χ3n) is 2.97. The second-order valence-electron chi connectivity index (χ2n) is 4.94. The zero-order chi connectivity index (χ0) is 21.6. The first-order valence-electron chi connectivity index (χ1n) is 8.21. The summed E-state index contributed by atoms with van der Waals surface area (Å²) in [6, 6.07) is 4.98. The van der Waals surface area contributed by atoms with Gasteiger partial charge in [-0.05, 0) is 44.4 Å². The molecule has 0 aliphatic rings. The van der Waals surface area contributed by atoms with Crippen molar-refractivity contribution in [2.45, 2.75) is 34.1 Å². The summed E-state index contributed by atoms with van der Waals surface area (Å²) >= 11 is 1.45. The third kappa shape index (κ3) is 13.0. The molecule has 1 aromatic carbocycles. The lowest BCUT2D eigenvalue weighted by Gasteiger charge is -2.20. The Kier molecular flexibility index (Phi) is 14.4. The summed E-state index contributed by atoms with van der Waals surface area (Å²) in [6.07, 6.45) is -2.76. The van der Waals surface area contributed by atoms with Gasteiger partial charge in [-0.1, -0.05) is 13.8 Å². The van der Waals surface area contributed by atoms with Crippen molar-refractivity contribution in [3.63, 3.8) is 0 Å². The van der Waals surface area contributed by atoms with Crippen molar-refractivity contribution in [1.29, 1.82) is 0 Å². The molecule has 27 heavy (non-hydrogen) atoms. The van der Waals surface area contributed by atoms with Gasteiger partial charge in [0.15, 0.2) is 5.78 Å². The van der Waals surface area contributed by atoms with E-state index in [-0.39, 0.29) is 18.1 Å². The predicted octanol–water partition coefficient (Wildman–Crippen LogP) is 4.29. The first-order chi connectivity index (χ1) is 12.5. The van der Waals surface area contributed by atoms with Crippen LogP contribution in [0.25, 0.3) is 0 Å². The minimum Gasteiger partial charge on any atom is -0.406 e. The minimum atomic E-state index is -4.64. The topological polar surface area (TPSA) is 75.8 Å². The molecule has 9 heteroatoms. The molecule has 156 valence electrons. The van der Waals surface area contributed by atoms with Crippen molar-refractivity contribution in [3.05, 3.63) is 34.9 Å². The molecule has 0 spiro atoms. The molecule has 0 aliphatic carbocycles. The molecule has 0 fully saturated rings. The van der Waals surface area contributed by atoms with Crippen LogP contribution in [0, 0.1) is 0 Å². The molecule has 0 aliphatic heterocycles. The lowest BCUT2D eigenvalue weighted by Crippen LogP contribution is -2.22. The predicted molar refractivity (Wildman–Crippen MR) is 105 cm³/mol. The van der Waals surface area contributed by atoms with Crippen molar-refractivity contribution in [2.24, 2.45) is 0 Å². The number of alkyl halides is 3. The van der Waals surface area contributed by atoms with Gasteiger partial charge in [0, 0.05) is 25.0 Å². The fourth-order valence-corrected chi connectivity index (χ4v) is 2.45. The number of nitrogens with two attached hydrogens (primary N) is 1. The van der Waals surface area contributed by atoms with Crippen LogP contribution in [-0.2, 0) is 4.79 Å². The Balaban J connectivity index is 0. The van der Waals surface area contributed by atoms with E-state index in [2.05, 4.69) is 4.74 Å². The van der Waals surface area contributed by atoms with Crippen molar-refractivity contribution in [3.8, 4) is 5.75 Å². The smallest absolute Gasteiger partial charge is 0.406 e. The number of aliphatic hydroxyl groups excluding tert-OH is 1. The Morgan fingerprint density at radius 1 is 1.22 bits per heavy atom. The monoisotopic (exact) mass is 410 g/mol. The number of halogens is 3. The average molecular weight is 411 g/mol. The highest BCUT2D eigenvalue weighted by Gasteiger charge is 2.30. The number of ketones is 1. The average Bonchev–Trinajstić information content (AvgIpc) is 2.58. The molecule has 5 nitrogen and oxygen atoms in total. The van der Waals surface area contributed by atoms with Crippen LogP contribution in [0.2, 0.25) is 0 Å². The highest BCUT2D eigenvalue weighted by Crippen LogP contribution is 2.23. The number of nitrogen functional groups attached to an aromatic ring is 1. The van der Waals surface area contributed by atoms with Gasteiger partial charge >= 0.3 is 6.36 Å². The van der Waals surface area contributed by atoms with E-state index in [0.29, 0.717) is 12.2 Å². The normalized spacial score (nSPS) is 11.2. The van der Waals surface area contributed by atoms with Gasteiger partial charge in [-0.15, -0.1) is 24.9 Å². The highest BCUT2D eigenvalue weighted by atomic mass is 32.2. The van der Waals surface area contributed by atoms with Gasteiger partial charge in [0.05, 0.1) is 11.5 Å². The van der Waals surface area contributed by atoms with E-state index in [9.17, 15) is 18.0 Å². The fourth-order valence-electron chi connectivity index (χ4n) is 1.71. The second-order valence-corrected chi connectivity index (χ2v) is 5.75. The molecule has 1 aromatic rings. The number of nitrogens with zero attached hydrogens (tertiary/aromatic N) is 1. The molecule has 0 bridgehead atoms. The quantitative estimate of drug-likeness (QED) is 0.538. The molecular weight excluding hydrogens is 381 g/mol. The number of ether oxygens (including phenoxy) is 1. The SMILES string of the molecule is CC.CS/C(C(C)=O)=C(/C)N(C)CCO.Nc1ccc(OC(F)(F)F)cc1. The second kappa shape index (κ2) is 14.2. The molecule has 0 saturated heterocycles. The number of anilines is 1. The maximum atomic E-state index is 11.6. The molecule has 0 heterocycles. The highest BCUT2D eigenvalue weighted by molar-refractivity contribution is 8.03. The van der Waals surface area contributed by atoms with E-state index in [4.69, 9.17) is 10.8 Å². The van der Waals surface area contributed by atoms with Gasteiger partial charge in [0.25, 0.3) is 0 Å². The van der Waals surface area contributed by atoms with Gasteiger partial charge in [-0.3, -0.25) is 4.79 Å². The van der Waals surface area contributed by atoms with E-state index < -0.39 is 6.36 Å². The fraction of sp³-hybridized carbons (Fsp3) is 0.500. The Hall–Kier alpha value is -1.87. The summed E-state index contributed by atoms with van der Waals surface area (Å²) < 4.78 is 38.4. The van der Waals surface area contributed by atoms with Crippen LogP contribution < -0.4 is 10.5 Å². The number of carbonyl (C=O) groups is 1. The van der Waals surface area contributed by atoms with Gasteiger partial charge in [0.1, 0.15) is 5.75 Å². The first-order valence-corrected chi connectivity index (χ1v) is 9.43. The van der Waals surface area contributed by atoms with E-state index in [0.717, 1.165) is 22.7 Å². The lowest BCUT2D eigenvalue weighted by molar-refractivity contribution is -0.274. The molecule has 3 N–H and O–H groups in total. The molecule has 0 radical (unpaired) electrons. The summed E-state index contributed by atoms with van der Waals surface area (Å²) in [4.78, 5) is 13.8. The van der Waals surface area contributed by atoms with Crippen molar-refractivity contribution < 1.29 is 27.8 Å². The Labute approximate surface area is 163 Å². The standard InChI is InChI=1S/C9H17NO2S.C7H6F3NO.C2H6/c1-7(10(3)5-6-11)9(13-4)8(2)12;8-7(9,10)12-6-3-1-5(11)2-4-6;1-2/h11H,5-6H2,1-4H3;1-4H,11H2;1-2H3/b9-7-;;. The number of aliphatic hydroxyl groups is 1. The van der Waals surface area contributed by atoms with Crippen LogP contribution in [0.3, 0.4) is 0 Å². The molecular formula is C18H29F3N2O3S. The Bertz CT molecular complexity index is 576. The van der Waals surface area contributed by atoms with Crippen LogP contribution in [0.15, 0.2) is 34.9 Å². The molecule has 0 unspecified atom stereocenters. The molecule has 0 saturated carbocycles. The largest absolute Gasteiger partial charge is 0.573 e. The molecule has 1 rings (SSSR count). The third-order valence-corrected chi connectivity index (χ3v) is 3.97. The number of likely N-dealkylation sites (N-methyl/N-ethyl adjacent to an activating group) is 1. The number of hydrogen-bond donors (Lipinski definition) is 2. The first kappa shape index (κ1) is 27.3. The van der Waals surface area contributed by atoms with Gasteiger partial charge in [0.2, 0.25) is 0 Å². The zero-order valence-corrected chi connectivity index (χ0v) is 17.4. The number of thioether (sulfide) groups is 1. The number of benzene rings is 1. The van der Waals surface area contributed by atoms with Crippen molar-refractivity contribution in [2.75, 3.05) is 32.2 Å². The Morgan fingerprint density at radius 2 is 1.70 bits per heavy atom. The van der Waals surface area contributed by atoms with Crippen LogP contribution in [0.1, 0.15) is 27.7 Å². The van der Waals surface area contributed by atoms with E-state index in [1.54, 1.807) is 6.92 Å². The number of carbonyl (C=O) groups excluding carboxylic acids is 1. The van der Waals surface area contributed by atoms with E-state index in [1.165, 1.54) is 23.9 Å². The number of Topliss-reactive ketones (excluding diaryl/α,β-unsaturated/α-hetero) is 1. The summed E-state index contributed by atoms with van der Waals surface area (Å²) in [7, 11) is 1.87.